The summed E-state index contributed by atoms with van der Waals surface area (Å²) in [6, 6.07) is 7.15. The molecule has 2 aromatic rings. The minimum atomic E-state index is -0.868. The summed E-state index contributed by atoms with van der Waals surface area (Å²) in [5.41, 5.74) is 1.62. The molecule has 0 radical (unpaired) electrons. The van der Waals surface area contributed by atoms with Crippen molar-refractivity contribution < 1.29 is 14.6 Å². The van der Waals surface area contributed by atoms with Gasteiger partial charge in [0, 0.05) is 24.4 Å². The predicted molar refractivity (Wildman–Crippen MR) is 65.3 cm³/mol. The van der Waals surface area contributed by atoms with Crippen LogP contribution < -0.4 is 4.74 Å². The molecular weight excluding hydrogens is 232 g/mol. The summed E-state index contributed by atoms with van der Waals surface area (Å²) in [6.07, 6.45) is 3.54. The quantitative estimate of drug-likeness (QED) is 0.870. The second kappa shape index (κ2) is 5.35. The van der Waals surface area contributed by atoms with Crippen molar-refractivity contribution >= 4 is 5.97 Å². The fourth-order valence-corrected chi connectivity index (χ4v) is 1.66. The zero-order valence-electron chi connectivity index (χ0n) is 10.0. The highest BCUT2D eigenvalue weighted by Crippen LogP contribution is 2.19. The van der Waals surface area contributed by atoms with E-state index < -0.39 is 5.97 Å². The number of aromatic nitrogens is 2. The first-order valence-corrected chi connectivity index (χ1v) is 5.55. The number of hydrogen-bond acceptors (Lipinski definition) is 3. The Hall–Kier alpha value is -2.30. The van der Waals surface area contributed by atoms with E-state index in [-0.39, 0.29) is 6.42 Å². The van der Waals surface area contributed by atoms with E-state index in [1.54, 1.807) is 29.1 Å². The van der Waals surface area contributed by atoms with Gasteiger partial charge in [-0.15, -0.1) is 0 Å². The summed E-state index contributed by atoms with van der Waals surface area (Å²) in [5, 5.41) is 12.9. The molecule has 0 aliphatic rings. The lowest BCUT2D eigenvalue weighted by molar-refractivity contribution is -0.136. The van der Waals surface area contributed by atoms with Crippen molar-refractivity contribution in [3.05, 3.63) is 47.8 Å². The van der Waals surface area contributed by atoms with Crippen LogP contribution in [0.5, 0.6) is 5.75 Å². The van der Waals surface area contributed by atoms with Crippen molar-refractivity contribution in [3.8, 4) is 5.75 Å². The molecule has 0 atom stereocenters. The molecule has 1 aromatic carbocycles. The number of rotatable bonds is 5. The number of para-hydroxylation sites is 1. The molecule has 0 amide bonds. The van der Waals surface area contributed by atoms with Crippen LogP contribution in [0.1, 0.15) is 11.1 Å². The first-order chi connectivity index (χ1) is 8.65. The minimum Gasteiger partial charge on any atom is -0.488 e. The molecule has 0 aliphatic heterocycles. The topological polar surface area (TPSA) is 64.3 Å². The largest absolute Gasteiger partial charge is 0.488 e. The van der Waals surface area contributed by atoms with Crippen molar-refractivity contribution in [1.82, 2.24) is 9.78 Å². The Morgan fingerprint density at radius 2 is 2.22 bits per heavy atom. The fourth-order valence-electron chi connectivity index (χ4n) is 1.66. The van der Waals surface area contributed by atoms with Gasteiger partial charge in [0.2, 0.25) is 0 Å². The third kappa shape index (κ3) is 3.10. The van der Waals surface area contributed by atoms with Gasteiger partial charge in [0.25, 0.3) is 0 Å². The number of nitrogens with zero attached hydrogens (tertiary/aromatic N) is 2. The lowest BCUT2D eigenvalue weighted by Gasteiger charge is -2.09. The first kappa shape index (κ1) is 12.2. The number of aryl methyl sites for hydroxylation is 1. The number of hydrogen-bond donors (Lipinski definition) is 1. The van der Waals surface area contributed by atoms with Crippen LogP contribution in [0.15, 0.2) is 36.7 Å². The van der Waals surface area contributed by atoms with Crippen molar-refractivity contribution in [2.45, 2.75) is 13.0 Å². The van der Waals surface area contributed by atoms with Gasteiger partial charge < -0.3 is 9.84 Å². The van der Waals surface area contributed by atoms with E-state index in [4.69, 9.17) is 9.84 Å². The molecular formula is C13H14N2O3. The maximum Gasteiger partial charge on any atom is 0.307 e. The van der Waals surface area contributed by atoms with Crippen LogP contribution in [0, 0.1) is 0 Å². The summed E-state index contributed by atoms with van der Waals surface area (Å²) in [4.78, 5) is 10.7. The molecule has 1 aromatic heterocycles. The number of carbonyl (C=O) groups is 1. The summed E-state index contributed by atoms with van der Waals surface area (Å²) in [7, 11) is 1.84. The van der Waals surface area contributed by atoms with Crippen LogP contribution >= 0.6 is 0 Å². The maximum atomic E-state index is 10.7. The average Bonchev–Trinajstić information content (AvgIpc) is 2.73. The van der Waals surface area contributed by atoms with Gasteiger partial charge in [0.1, 0.15) is 12.4 Å². The van der Waals surface area contributed by atoms with E-state index >= 15 is 0 Å². The number of ether oxygens (including phenoxy) is 1. The molecule has 18 heavy (non-hydrogen) atoms. The number of benzene rings is 1. The Labute approximate surface area is 105 Å². The van der Waals surface area contributed by atoms with Gasteiger partial charge in [-0.3, -0.25) is 9.48 Å². The molecule has 0 bridgehead atoms. The Balaban J connectivity index is 2.06. The van der Waals surface area contributed by atoms with Gasteiger partial charge in [-0.1, -0.05) is 18.2 Å². The second-order valence-electron chi connectivity index (χ2n) is 3.99. The van der Waals surface area contributed by atoms with Gasteiger partial charge in [0.15, 0.2) is 0 Å². The van der Waals surface area contributed by atoms with E-state index in [1.165, 1.54) is 0 Å². The monoisotopic (exact) mass is 246 g/mol. The van der Waals surface area contributed by atoms with Crippen LogP contribution in [-0.2, 0) is 24.9 Å². The van der Waals surface area contributed by atoms with Crippen molar-refractivity contribution in [2.24, 2.45) is 7.05 Å². The predicted octanol–water partition coefficient (Wildman–Crippen LogP) is 1.63. The van der Waals surface area contributed by atoms with E-state index in [1.807, 2.05) is 19.3 Å². The molecule has 5 heteroatoms. The van der Waals surface area contributed by atoms with E-state index in [0.29, 0.717) is 17.9 Å². The average molecular weight is 246 g/mol. The second-order valence-corrected chi connectivity index (χ2v) is 3.99. The molecule has 0 saturated heterocycles. The van der Waals surface area contributed by atoms with Gasteiger partial charge >= 0.3 is 5.97 Å². The van der Waals surface area contributed by atoms with Gasteiger partial charge in [-0.05, 0) is 6.07 Å². The highest BCUT2D eigenvalue weighted by Gasteiger charge is 2.07. The zero-order chi connectivity index (χ0) is 13.0. The molecule has 94 valence electrons. The fraction of sp³-hybridized carbons (Fsp3) is 0.231. The Bertz CT molecular complexity index is 549. The van der Waals surface area contributed by atoms with Crippen LogP contribution in [0.4, 0.5) is 0 Å². The summed E-state index contributed by atoms with van der Waals surface area (Å²) < 4.78 is 7.32. The number of carboxylic acid groups (broad SMARTS) is 1. The van der Waals surface area contributed by atoms with Crippen LogP contribution in [0.3, 0.4) is 0 Å². The molecule has 2 rings (SSSR count). The van der Waals surface area contributed by atoms with Gasteiger partial charge in [-0.25, -0.2) is 0 Å². The van der Waals surface area contributed by atoms with Crippen molar-refractivity contribution in [3.63, 3.8) is 0 Å². The van der Waals surface area contributed by atoms with Crippen LogP contribution in [-0.4, -0.2) is 20.9 Å². The lowest BCUT2D eigenvalue weighted by atomic mass is 10.1. The Morgan fingerprint density at radius 3 is 2.89 bits per heavy atom. The Kier molecular flexibility index (Phi) is 3.62. The zero-order valence-corrected chi connectivity index (χ0v) is 10.0. The highest BCUT2D eigenvalue weighted by molar-refractivity contribution is 5.71. The van der Waals surface area contributed by atoms with E-state index in [9.17, 15) is 4.79 Å². The highest BCUT2D eigenvalue weighted by atomic mass is 16.5. The normalized spacial score (nSPS) is 10.3. The van der Waals surface area contributed by atoms with Crippen LogP contribution in [0.2, 0.25) is 0 Å². The number of aliphatic carboxylic acids is 1. The van der Waals surface area contributed by atoms with Gasteiger partial charge in [0.05, 0.1) is 12.6 Å². The molecule has 1 heterocycles. The lowest BCUT2D eigenvalue weighted by Crippen LogP contribution is -2.03. The maximum absolute atomic E-state index is 10.7. The first-order valence-electron chi connectivity index (χ1n) is 5.55. The summed E-state index contributed by atoms with van der Waals surface area (Å²) in [6.45, 7) is 0.379. The third-order valence-corrected chi connectivity index (χ3v) is 2.47. The standard InChI is InChI=1S/C13H14N2O3/c1-15-8-10(7-14-15)9-18-12-5-3-2-4-11(12)6-13(16)17/h2-5,7-8H,6,9H2,1H3,(H,16,17). The van der Waals surface area contributed by atoms with Crippen LogP contribution in [0.25, 0.3) is 0 Å². The van der Waals surface area contributed by atoms with Crippen molar-refractivity contribution in [1.29, 1.82) is 0 Å². The smallest absolute Gasteiger partial charge is 0.307 e. The third-order valence-electron chi connectivity index (χ3n) is 2.47. The summed E-state index contributed by atoms with van der Waals surface area (Å²) in [5.74, 6) is -0.267. The molecule has 0 fully saturated rings. The molecule has 1 N–H and O–H groups in total. The minimum absolute atomic E-state index is 0.0385. The Morgan fingerprint density at radius 1 is 1.44 bits per heavy atom. The van der Waals surface area contributed by atoms with E-state index in [0.717, 1.165) is 5.56 Å². The SMILES string of the molecule is Cn1cc(COc2ccccc2CC(=O)O)cn1. The molecule has 0 spiro atoms. The van der Waals surface area contributed by atoms with Gasteiger partial charge in [-0.2, -0.15) is 5.10 Å². The number of carboxylic acids is 1. The van der Waals surface area contributed by atoms with E-state index in [2.05, 4.69) is 5.10 Å². The molecule has 0 aliphatic carbocycles. The van der Waals surface area contributed by atoms with Crippen molar-refractivity contribution in [2.75, 3.05) is 0 Å². The summed E-state index contributed by atoms with van der Waals surface area (Å²) >= 11 is 0. The molecule has 5 nitrogen and oxygen atoms in total. The molecule has 0 unspecified atom stereocenters. The molecule has 0 saturated carbocycles.